The van der Waals surface area contributed by atoms with E-state index in [1.165, 1.54) is 4.90 Å². The molecular weight excluding hydrogens is 277 g/mol. The zero-order valence-electron chi connectivity index (χ0n) is 9.83. The highest BCUT2D eigenvalue weighted by Gasteiger charge is 2.33. The number of hydrogen-bond acceptors (Lipinski definition) is 2. The van der Waals surface area contributed by atoms with Gasteiger partial charge in [0.2, 0.25) is 0 Å². The summed E-state index contributed by atoms with van der Waals surface area (Å²) >= 11 is 4.84. The molecule has 0 spiro atoms. The largest absolute Gasteiger partial charge is 0.392 e. The number of amides is 1. The lowest BCUT2D eigenvalue weighted by atomic mass is 10.1. The van der Waals surface area contributed by atoms with Crippen LogP contribution >= 0.6 is 12.2 Å². The molecule has 1 atom stereocenters. The summed E-state index contributed by atoms with van der Waals surface area (Å²) in [5, 5.41) is 0. The van der Waals surface area contributed by atoms with E-state index in [0.29, 0.717) is 19.4 Å². The van der Waals surface area contributed by atoms with E-state index in [0.717, 1.165) is 12.1 Å². The zero-order valence-corrected chi connectivity index (χ0v) is 10.6. The number of likely N-dealkylation sites (tertiary alicyclic amines) is 1. The van der Waals surface area contributed by atoms with Gasteiger partial charge in [-0.15, -0.1) is 0 Å². The van der Waals surface area contributed by atoms with Crippen LogP contribution in [0.15, 0.2) is 12.1 Å². The Morgan fingerprint density at radius 3 is 2.63 bits per heavy atom. The highest BCUT2D eigenvalue weighted by Crippen LogP contribution is 2.23. The van der Waals surface area contributed by atoms with Crippen molar-refractivity contribution in [1.82, 2.24) is 4.90 Å². The molecule has 0 bridgehead atoms. The first-order valence-corrected chi connectivity index (χ1v) is 6.08. The number of carbonyl (C=O) groups is 1. The van der Waals surface area contributed by atoms with E-state index in [1.807, 2.05) is 0 Å². The molecule has 0 saturated carbocycles. The van der Waals surface area contributed by atoms with Crippen LogP contribution < -0.4 is 5.73 Å². The van der Waals surface area contributed by atoms with Crippen LogP contribution in [0.1, 0.15) is 23.2 Å². The summed E-state index contributed by atoms with van der Waals surface area (Å²) in [6.07, 6.45) is 1.27. The molecule has 3 nitrogen and oxygen atoms in total. The first-order chi connectivity index (χ1) is 8.93. The summed E-state index contributed by atoms with van der Waals surface area (Å²) in [6, 6.07) is 1.18. The Balaban J connectivity index is 2.35. The van der Waals surface area contributed by atoms with Gasteiger partial charge >= 0.3 is 0 Å². The summed E-state index contributed by atoms with van der Waals surface area (Å²) in [6.45, 7) is 0.360. The number of rotatable bonds is 2. The van der Waals surface area contributed by atoms with Gasteiger partial charge in [-0.05, 0) is 25.0 Å². The van der Waals surface area contributed by atoms with Crippen molar-refractivity contribution in [2.24, 2.45) is 5.73 Å². The van der Waals surface area contributed by atoms with Crippen molar-refractivity contribution in [3.63, 3.8) is 0 Å². The fraction of sp³-hybridized carbons (Fsp3) is 0.333. The van der Waals surface area contributed by atoms with E-state index in [1.54, 1.807) is 0 Å². The second-order valence-electron chi connectivity index (χ2n) is 4.28. The van der Waals surface area contributed by atoms with Crippen molar-refractivity contribution in [3.8, 4) is 0 Å². The number of thiocarbonyl (C=S) groups is 1. The molecule has 0 radical (unpaired) electrons. The predicted molar refractivity (Wildman–Crippen MR) is 67.2 cm³/mol. The Bertz CT molecular complexity index is 550. The number of benzene rings is 1. The normalized spacial score (nSPS) is 18.7. The van der Waals surface area contributed by atoms with Crippen molar-refractivity contribution in [2.45, 2.75) is 18.9 Å². The topological polar surface area (TPSA) is 46.3 Å². The fourth-order valence-corrected chi connectivity index (χ4v) is 2.40. The summed E-state index contributed by atoms with van der Waals surface area (Å²) in [5.74, 6) is -5.21. The van der Waals surface area contributed by atoms with Crippen molar-refractivity contribution in [3.05, 3.63) is 35.1 Å². The molecule has 1 amide bonds. The molecule has 1 saturated heterocycles. The molecule has 2 rings (SSSR count). The molecule has 1 aliphatic rings. The SMILES string of the molecule is NC(=S)C1CCCN1C(=O)c1ccc(F)c(F)c1F. The van der Waals surface area contributed by atoms with E-state index in [9.17, 15) is 18.0 Å². The Morgan fingerprint density at radius 2 is 2.00 bits per heavy atom. The average molecular weight is 288 g/mol. The molecule has 1 aromatic carbocycles. The van der Waals surface area contributed by atoms with Crippen LogP contribution in [0.4, 0.5) is 13.2 Å². The minimum Gasteiger partial charge on any atom is -0.392 e. The van der Waals surface area contributed by atoms with Gasteiger partial charge in [0.25, 0.3) is 5.91 Å². The molecule has 1 aromatic rings. The number of hydrogen-bond donors (Lipinski definition) is 1. The van der Waals surface area contributed by atoms with E-state index in [4.69, 9.17) is 18.0 Å². The number of halogens is 3. The van der Waals surface area contributed by atoms with E-state index in [2.05, 4.69) is 0 Å². The molecule has 1 aliphatic heterocycles. The summed E-state index contributed by atoms with van der Waals surface area (Å²) in [4.78, 5) is 13.6. The van der Waals surface area contributed by atoms with Crippen molar-refractivity contribution in [1.29, 1.82) is 0 Å². The van der Waals surface area contributed by atoms with E-state index in [-0.39, 0.29) is 4.99 Å². The standard InChI is InChI=1S/C12H11F3N2OS/c13-7-4-3-6(9(14)10(7)15)12(18)17-5-1-2-8(17)11(16)19/h3-4,8H,1-2,5H2,(H2,16,19). The van der Waals surface area contributed by atoms with Crippen LogP contribution in [-0.4, -0.2) is 28.4 Å². The van der Waals surface area contributed by atoms with Crippen LogP contribution in [-0.2, 0) is 0 Å². The first kappa shape index (κ1) is 13.8. The maximum atomic E-state index is 13.6. The zero-order chi connectivity index (χ0) is 14.2. The molecular formula is C12H11F3N2OS. The van der Waals surface area contributed by atoms with Crippen LogP contribution in [0.2, 0.25) is 0 Å². The highest BCUT2D eigenvalue weighted by molar-refractivity contribution is 7.80. The summed E-state index contributed by atoms with van der Waals surface area (Å²) < 4.78 is 39.5. The van der Waals surface area contributed by atoms with Gasteiger partial charge in [-0.1, -0.05) is 12.2 Å². The number of nitrogens with two attached hydrogens (primary N) is 1. The Hall–Kier alpha value is -1.63. The van der Waals surface area contributed by atoms with E-state index >= 15 is 0 Å². The van der Waals surface area contributed by atoms with Gasteiger partial charge in [0.05, 0.1) is 16.6 Å². The second-order valence-corrected chi connectivity index (χ2v) is 4.75. The monoisotopic (exact) mass is 288 g/mol. The lowest BCUT2D eigenvalue weighted by molar-refractivity contribution is 0.0764. The maximum Gasteiger partial charge on any atom is 0.257 e. The molecule has 0 aromatic heterocycles. The van der Waals surface area contributed by atoms with Crippen LogP contribution in [0.25, 0.3) is 0 Å². The third kappa shape index (κ3) is 2.42. The number of carbonyl (C=O) groups excluding carboxylic acids is 1. The lowest BCUT2D eigenvalue weighted by Crippen LogP contribution is -2.43. The second kappa shape index (κ2) is 5.16. The first-order valence-electron chi connectivity index (χ1n) is 5.67. The maximum absolute atomic E-state index is 13.6. The van der Waals surface area contributed by atoms with Gasteiger partial charge in [-0.2, -0.15) is 0 Å². The molecule has 1 unspecified atom stereocenters. The molecule has 19 heavy (non-hydrogen) atoms. The van der Waals surface area contributed by atoms with Gasteiger partial charge in [-0.3, -0.25) is 4.79 Å². The molecule has 102 valence electrons. The van der Waals surface area contributed by atoms with Crippen LogP contribution in [0.3, 0.4) is 0 Å². The van der Waals surface area contributed by atoms with Crippen LogP contribution in [0.5, 0.6) is 0 Å². The van der Waals surface area contributed by atoms with E-state index < -0.39 is 35.0 Å². The van der Waals surface area contributed by atoms with Gasteiger partial charge in [0.15, 0.2) is 17.5 Å². The van der Waals surface area contributed by atoms with Gasteiger partial charge < -0.3 is 10.6 Å². The minimum absolute atomic E-state index is 0.133. The van der Waals surface area contributed by atoms with Gasteiger partial charge in [0, 0.05) is 6.54 Å². The number of nitrogens with zero attached hydrogens (tertiary/aromatic N) is 1. The third-order valence-corrected chi connectivity index (χ3v) is 3.38. The highest BCUT2D eigenvalue weighted by atomic mass is 32.1. The lowest BCUT2D eigenvalue weighted by Gasteiger charge is -2.24. The quantitative estimate of drug-likeness (QED) is 0.669. The van der Waals surface area contributed by atoms with Crippen molar-refractivity contribution in [2.75, 3.05) is 6.54 Å². The Morgan fingerprint density at radius 1 is 1.32 bits per heavy atom. The third-order valence-electron chi connectivity index (χ3n) is 3.11. The Labute approximate surface area is 113 Å². The molecule has 2 N–H and O–H groups in total. The molecule has 7 heteroatoms. The minimum atomic E-state index is -1.66. The summed E-state index contributed by atoms with van der Waals surface area (Å²) in [5.41, 5.74) is 4.99. The molecule has 1 fully saturated rings. The molecule has 0 aliphatic carbocycles. The molecule has 1 heterocycles. The Kier molecular flexibility index (Phi) is 3.75. The van der Waals surface area contributed by atoms with Crippen molar-refractivity contribution >= 4 is 23.1 Å². The summed E-state index contributed by atoms with van der Waals surface area (Å²) in [7, 11) is 0. The van der Waals surface area contributed by atoms with Gasteiger partial charge in [0.1, 0.15) is 0 Å². The van der Waals surface area contributed by atoms with Gasteiger partial charge in [-0.25, -0.2) is 13.2 Å². The van der Waals surface area contributed by atoms with Crippen LogP contribution in [0, 0.1) is 17.5 Å². The predicted octanol–water partition coefficient (Wildman–Crippen LogP) is 1.99. The smallest absolute Gasteiger partial charge is 0.257 e. The average Bonchev–Trinajstić information content (AvgIpc) is 2.84. The van der Waals surface area contributed by atoms with Crippen molar-refractivity contribution < 1.29 is 18.0 Å². The fourth-order valence-electron chi connectivity index (χ4n) is 2.15.